The Hall–Kier alpha value is -1.95. The molecule has 0 amide bonds. The van der Waals surface area contributed by atoms with E-state index in [4.69, 9.17) is 4.42 Å². The van der Waals surface area contributed by atoms with Gasteiger partial charge in [0.2, 0.25) is 5.78 Å². The molecule has 0 fully saturated rings. The summed E-state index contributed by atoms with van der Waals surface area (Å²) >= 11 is 1.51. The lowest BCUT2D eigenvalue weighted by atomic mass is 10.1. The van der Waals surface area contributed by atoms with E-state index in [0.29, 0.717) is 5.56 Å². The fourth-order valence-electron chi connectivity index (χ4n) is 1.54. The number of rotatable bonds is 3. The predicted molar refractivity (Wildman–Crippen MR) is 62.6 cm³/mol. The number of aryl methyl sites for hydroxylation is 2. The van der Waals surface area contributed by atoms with Crippen molar-refractivity contribution in [2.24, 2.45) is 0 Å². The molecular weight excluding hydrogens is 242 g/mol. The summed E-state index contributed by atoms with van der Waals surface area (Å²) in [5.41, 5.74) is 0.539. The smallest absolute Gasteiger partial charge is 0.397 e. The molecule has 0 atom stereocenters. The maximum atomic E-state index is 12.0. The molecule has 17 heavy (non-hydrogen) atoms. The lowest BCUT2D eigenvalue weighted by Crippen LogP contribution is -1.99. The first-order chi connectivity index (χ1) is 7.99. The topological polar surface area (TPSA) is 73.3 Å². The summed E-state index contributed by atoms with van der Waals surface area (Å²) in [5.74, 6) is -0.740. The van der Waals surface area contributed by atoms with E-state index >= 15 is 0 Å². The highest BCUT2D eigenvalue weighted by Gasteiger charge is 2.20. The SMILES string of the molecule is Cc1cc(C(=O)c2ccc([N+](=O)[O-])o2)c(C)s1. The van der Waals surface area contributed by atoms with Gasteiger partial charge in [0.1, 0.15) is 4.92 Å². The minimum atomic E-state index is -0.664. The Morgan fingerprint density at radius 1 is 1.41 bits per heavy atom. The Morgan fingerprint density at radius 2 is 2.12 bits per heavy atom. The van der Waals surface area contributed by atoms with Crippen LogP contribution in [-0.2, 0) is 0 Å². The Balaban J connectivity index is 2.37. The summed E-state index contributed by atoms with van der Waals surface area (Å²) in [6, 6.07) is 4.27. The summed E-state index contributed by atoms with van der Waals surface area (Å²) in [6.45, 7) is 3.74. The molecule has 0 N–H and O–H groups in total. The van der Waals surface area contributed by atoms with Gasteiger partial charge in [0.25, 0.3) is 0 Å². The Kier molecular flexibility index (Phi) is 2.81. The van der Waals surface area contributed by atoms with Crippen molar-refractivity contribution in [3.63, 3.8) is 0 Å². The summed E-state index contributed by atoms with van der Waals surface area (Å²) < 4.78 is 4.88. The lowest BCUT2D eigenvalue weighted by Gasteiger charge is -1.94. The van der Waals surface area contributed by atoms with Gasteiger partial charge in [-0.2, -0.15) is 0 Å². The molecule has 2 heterocycles. The Bertz CT molecular complexity index is 596. The molecule has 2 aromatic heterocycles. The summed E-state index contributed by atoms with van der Waals surface area (Å²) in [7, 11) is 0. The molecule has 0 radical (unpaired) electrons. The number of furan rings is 1. The first kappa shape index (κ1) is 11.5. The Labute approximate surface area is 101 Å². The van der Waals surface area contributed by atoms with E-state index < -0.39 is 10.8 Å². The van der Waals surface area contributed by atoms with Crippen LogP contribution >= 0.6 is 11.3 Å². The molecular formula is C11H9NO4S. The minimum absolute atomic E-state index is 0.00222. The second kappa shape index (κ2) is 4.14. The van der Waals surface area contributed by atoms with Crippen molar-refractivity contribution in [3.05, 3.63) is 49.4 Å². The van der Waals surface area contributed by atoms with E-state index in [0.717, 1.165) is 9.75 Å². The van der Waals surface area contributed by atoms with E-state index in [9.17, 15) is 14.9 Å². The molecule has 2 aromatic rings. The van der Waals surface area contributed by atoms with E-state index in [-0.39, 0.29) is 11.5 Å². The first-order valence-electron chi connectivity index (χ1n) is 4.85. The normalized spacial score (nSPS) is 10.5. The third-order valence-electron chi connectivity index (χ3n) is 2.28. The van der Waals surface area contributed by atoms with Crippen LogP contribution in [0.15, 0.2) is 22.6 Å². The molecule has 2 rings (SSSR count). The number of hydrogen-bond acceptors (Lipinski definition) is 5. The van der Waals surface area contributed by atoms with Crippen LogP contribution in [0.1, 0.15) is 25.9 Å². The predicted octanol–water partition coefficient (Wildman–Crippen LogP) is 3.10. The second-order valence-electron chi connectivity index (χ2n) is 3.55. The van der Waals surface area contributed by atoms with Gasteiger partial charge in [0.05, 0.1) is 6.07 Å². The molecule has 0 spiro atoms. The van der Waals surface area contributed by atoms with Crippen LogP contribution in [0.2, 0.25) is 0 Å². The maximum absolute atomic E-state index is 12.0. The zero-order chi connectivity index (χ0) is 12.6. The fraction of sp³-hybridized carbons (Fsp3) is 0.182. The van der Waals surface area contributed by atoms with Crippen molar-refractivity contribution in [3.8, 4) is 0 Å². The maximum Gasteiger partial charge on any atom is 0.433 e. The van der Waals surface area contributed by atoms with Crippen LogP contribution in [0.4, 0.5) is 5.88 Å². The summed E-state index contributed by atoms with van der Waals surface area (Å²) in [4.78, 5) is 23.7. The highest BCUT2D eigenvalue weighted by atomic mass is 32.1. The van der Waals surface area contributed by atoms with Gasteiger partial charge in [-0.15, -0.1) is 11.3 Å². The zero-order valence-corrected chi connectivity index (χ0v) is 10.0. The van der Waals surface area contributed by atoms with Crippen molar-refractivity contribution in [2.75, 3.05) is 0 Å². The molecule has 88 valence electrons. The second-order valence-corrected chi connectivity index (χ2v) is 5.01. The number of ketones is 1. The van der Waals surface area contributed by atoms with Crippen LogP contribution in [0, 0.1) is 24.0 Å². The van der Waals surface area contributed by atoms with Gasteiger partial charge in [0, 0.05) is 15.3 Å². The van der Waals surface area contributed by atoms with E-state index in [2.05, 4.69) is 0 Å². The molecule has 0 unspecified atom stereocenters. The average molecular weight is 251 g/mol. The van der Waals surface area contributed by atoms with Gasteiger partial charge >= 0.3 is 5.88 Å². The molecule has 0 aliphatic rings. The molecule has 0 aliphatic heterocycles. The lowest BCUT2D eigenvalue weighted by molar-refractivity contribution is -0.402. The molecule has 0 bridgehead atoms. The van der Waals surface area contributed by atoms with Crippen LogP contribution in [0.25, 0.3) is 0 Å². The molecule has 0 saturated carbocycles. The third kappa shape index (κ3) is 2.12. The highest BCUT2D eigenvalue weighted by molar-refractivity contribution is 7.12. The number of nitrogens with zero attached hydrogens (tertiary/aromatic N) is 1. The van der Waals surface area contributed by atoms with Gasteiger partial charge in [-0.05, 0) is 26.0 Å². The van der Waals surface area contributed by atoms with Crippen molar-refractivity contribution < 1.29 is 14.1 Å². The number of carbonyl (C=O) groups excluding carboxylic acids is 1. The van der Waals surface area contributed by atoms with Gasteiger partial charge in [0.15, 0.2) is 5.76 Å². The molecule has 0 aliphatic carbocycles. The van der Waals surface area contributed by atoms with Crippen LogP contribution < -0.4 is 0 Å². The largest absolute Gasteiger partial charge is 0.433 e. The van der Waals surface area contributed by atoms with Crippen molar-refractivity contribution >= 4 is 23.0 Å². The van der Waals surface area contributed by atoms with Crippen molar-refractivity contribution in [1.82, 2.24) is 0 Å². The Morgan fingerprint density at radius 3 is 2.59 bits per heavy atom. The summed E-state index contributed by atoms with van der Waals surface area (Å²) in [5, 5.41) is 10.4. The number of hydrogen-bond donors (Lipinski definition) is 0. The monoisotopic (exact) mass is 251 g/mol. The van der Waals surface area contributed by atoms with Gasteiger partial charge in [-0.25, -0.2) is 0 Å². The number of nitro groups is 1. The van der Waals surface area contributed by atoms with Crippen LogP contribution in [0.5, 0.6) is 0 Å². The zero-order valence-electron chi connectivity index (χ0n) is 9.22. The number of thiophene rings is 1. The minimum Gasteiger partial charge on any atom is -0.397 e. The highest BCUT2D eigenvalue weighted by Crippen LogP contribution is 2.25. The van der Waals surface area contributed by atoms with Gasteiger partial charge in [-0.3, -0.25) is 14.9 Å². The molecule has 6 heteroatoms. The van der Waals surface area contributed by atoms with Crippen LogP contribution in [-0.4, -0.2) is 10.7 Å². The quantitative estimate of drug-likeness (QED) is 0.477. The summed E-state index contributed by atoms with van der Waals surface area (Å²) in [6.07, 6.45) is 0. The van der Waals surface area contributed by atoms with Crippen molar-refractivity contribution in [1.29, 1.82) is 0 Å². The van der Waals surface area contributed by atoms with Crippen molar-refractivity contribution in [2.45, 2.75) is 13.8 Å². The van der Waals surface area contributed by atoms with Gasteiger partial charge < -0.3 is 4.42 Å². The van der Waals surface area contributed by atoms with Crippen LogP contribution in [0.3, 0.4) is 0 Å². The molecule has 0 aromatic carbocycles. The fourth-order valence-corrected chi connectivity index (χ4v) is 2.46. The molecule has 5 nitrogen and oxygen atoms in total. The first-order valence-corrected chi connectivity index (χ1v) is 5.66. The van der Waals surface area contributed by atoms with E-state index in [1.165, 1.54) is 23.5 Å². The van der Waals surface area contributed by atoms with Gasteiger partial charge in [-0.1, -0.05) is 0 Å². The standard InChI is InChI=1S/C11H9NO4S/c1-6-5-8(7(2)17-6)11(13)9-3-4-10(16-9)12(14)15/h3-5H,1-2H3. The van der Waals surface area contributed by atoms with E-state index in [1.807, 2.05) is 13.8 Å². The third-order valence-corrected chi connectivity index (χ3v) is 3.25. The molecule has 0 saturated heterocycles. The number of carbonyl (C=O) groups is 1. The average Bonchev–Trinajstić information content (AvgIpc) is 2.84. The van der Waals surface area contributed by atoms with E-state index in [1.54, 1.807) is 6.07 Å².